The molecule has 9 heteroatoms. The zero-order valence-electron chi connectivity index (χ0n) is 15.4. The zero-order valence-corrected chi connectivity index (χ0v) is 15.4. The Morgan fingerprint density at radius 3 is 2.46 bits per heavy atom. The van der Waals surface area contributed by atoms with Gasteiger partial charge in [-0.15, -0.1) is 0 Å². The molecule has 0 saturated carbocycles. The van der Waals surface area contributed by atoms with Crippen LogP contribution in [0.4, 0.5) is 21.5 Å². The number of rotatable bonds is 6. The van der Waals surface area contributed by atoms with Crippen LogP contribution in [0.5, 0.6) is 5.75 Å². The highest BCUT2D eigenvalue weighted by Crippen LogP contribution is 2.31. The standard InChI is InChI=1S/C19H21FN4O4/c1-28-18-12-16(6-7-17(18)24(26)27)23-10-8-22(9-11-23)13-19(25)21-15-4-2-14(20)3-5-15/h2-7,12H,8-11,13H2,1H3,(H,21,25). The van der Waals surface area contributed by atoms with E-state index in [1.54, 1.807) is 12.1 Å². The summed E-state index contributed by atoms with van der Waals surface area (Å²) in [5.74, 6) is -0.280. The molecule has 0 spiro atoms. The molecule has 2 aromatic rings. The van der Waals surface area contributed by atoms with Crippen molar-refractivity contribution in [3.8, 4) is 5.75 Å². The van der Waals surface area contributed by atoms with Gasteiger partial charge in [0.15, 0.2) is 5.75 Å². The normalized spacial score (nSPS) is 14.6. The van der Waals surface area contributed by atoms with Crippen LogP contribution in [0.1, 0.15) is 0 Å². The average molecular weight is 388 g/mol. The van der Waals surface area contributed by atoms with Gasteiger partial charge in [0.05, 0.1) is 18.6 Å². The number of carbonyl (C=O) groups is 1. The van der Waals surface area contributed by atoms with Gasteiger partial charge in [0.1, 0.15) is 5.82 Å². The minimum atomic E-state index is -0.472. The maximum absolute atomic E-state index is 12.9. The molecule has 0 aromatic heterocycles. The van der Waals surface area contributed by atoms with E-state index in [2.05, 4.69) is 10.2 Å². The highest BCUT2D eigenvalue weighted by molar-refractivity contribution is 5.92. The Morgan fingerprint density at radius 2 is 1.86 bits per heavy atom. The number of hydrogen-bond acceptors (Lipinski definition) is 6. The number of ether oxygens (including phenoxy) is 1. The van der Waals surface area contributed by atoms with Gasteiger partial charge in [-0.3, -0.25) is 19.8 Å². The lowest BCUT2D eigenvalue weighted by Crippen LogP contribution is -2.48. The first-order chi connectivity index (χ1) is 13.5. The van der Waals surface area contributed by atoms with E-state index in [9.17, 15) is 19.3 Å². The van der Waals surface area contributed by atoms with Crippen LogP contribution in [0.15, 0.2) is 42.5 Å². The predicted molar refractivity (Wildman–Crippen MR) is 103 cm³/mol. The van der Waals surface area contributed by atoms with Crippen LogP contribution in [-0.2, 0) is 4.79 Å². The summed E-state index contributed by atoms with van der Waals surface area (Å²) >= 11 is 0. The Bertz CT molecular complexity index is 852. The molecule has 28 heavy (non-hydrogen) atoms. The summed E-state index contributed by atoms with van der Waals surface area (Å²) in [4.78, 5) is 26.8. The average Bonchev–Trinajstić information content (AvgIpc) is 2.69. The Balaban J connectivity index is 1.53. The first-order valence-corrected chi connectivity index (χ1v) is 8.81. The topological polar surface area (TPSA) is 88.0 Å². The third-order valence-electron chi connectivity index (χ3n) is 4.59. The van der Waals surface area contributed by atoms with Crippen LogP contribution in [0.2, 0.25) is 0 Å². The molecular formula is C19H21FN4O4. The molecular weight excluding hydrogens is 367 g/mol. The second-order valence-corrected chi connectivity index (χ2v) is 6.43. The van der Waals surface area contributed by atoms with Crippen LogP contribution in [0.25, 0.3) is 0 Å². The lowest BCUT2D eigenvalue weighted by Gasteiger charge is -2.35. The van der Waals surface area contributed by atoms with E-state index in [1.165, 1.54) is 37.4 Å². The van der Waals surface area contributed by atoms with Crippen molar-refractivity contribution >= 4 is 23.0 Å². The number of nitrogens with one attached hydrogen (secondary N) is 1. The molecule has 0 aliphatic carbocycles. The van der Waals surface area contributed by atoms with E-state index in [-0.39, 0.29) is 29.7 Å². The molecule has 1 aliphatic heterocycles. The van der Waals surface area contributed by atoms with E-state index in [0.29, 0.717) is 31.9 Å². The maximum atomic E-state index is 12.9. The summed E-state index contributed by atoms with van der Waals surface area (Å²) in [5, 5.41) is 13.8. The molecule has 0 atom stereocenters. The van der Waals surface area contributed by atoms with Gasteiger partial charge in [0.25, 0.3) is 0 Å². The third kappa shape index (κ3) is 4.74. The number of nitro benzene ring substituents is 1. The molecule has 1 saturated heterocycles. The summed E-state index contributed by atoms with van der Waals surface area (Å²) in [6, 6.07) is 10.4. The van der Waals surface area contributed by atoms with Gasteiger partial charge < -0.3 is 15.0 Å². The van der Waals surface area contributed by atoms with Gasteiger partial charge in [-0.2, -0.15) is 0 Å². The van der Waals surface area contributed by atoms with Gasteiger partial charge >= 0.3 is 5.69 Å². The predicted octanol–water partition coefficient (Wildman–Crippen LogP) is 2.50. The van der Waals surface area contributed by atoms with Crippen molar-refractivity contribution in [2.75, 3.05) is 50.1 Å². The molecule has 1 N–H and O–H groups in total. The van der Waals surface area contributed by atoms with Crippen LogP contribution < -0.4 is 15.0 Å². The van der Waals surface area contributed by atoms with Crippen molar-refractivity contribution in [1.29, 1.82) is 0 Å². The minimum Gasteiger partial charge on any atom is -0.490 e. The number of amides is 1. The minimum absolute atomic E-state index is 0.0673. The molecule has 1 heterocycles. The first kappa shape index (κ1) is 19.6. The van der Waals surface area contributed by atoms with Crippen molar-refractivity contribution in [2.45, 2.75) is 0 Å². The van der Waals surface area contributed by atoms with Gasteiger partial charge in [-0.1, -0.05) is 0 Å². The summed E-state index contributed by atoms with van der Waals surface area (Å²) in [7, 11) is 1.41. The van der Waals surface area contributed by atoms with E-state index in [1.807, 2.05) is 4.90 Å². The van der Waals surface area contributed by atoms with E-state index in [4.69, 9.17) is 4.74 Å². The fourth-order valence-electron chi connectivity index (χ4n) is 3.11. The molecule has 0 bridgehead atoms. The van der Waals surface area contributed by atoms with Gasteiger partial charge in [-0.25, -0.2) is 4.39 Å². The van der Waals surface area contributed by atoms with Crippen molar-refractivity contribution in [2.24, 2.45) is 0 Å². The summed E-state index contributed by atoms with van der Waals surface area (Å²) < 4.78 is 18.0. The number of hydrogen-bond donors (Lipinski definition) is 1. The lowest BCUT2D eigenvalue weighted by atomic mass is 10.2. The fraction of sp³-hybridized carbons (Fsp3) is 0.316. The van der Waals surface area contributed by atoms with Crippen molar-refractivity contribution in [3.05, 3.63) is 58.4 Å². The van der Waals surface area contributed by atoms with Gasteiger partial charge in [-0.05, 0) is 30.3 Å². The highest BCUT2D eigenvalue weighted by atomic mass is 19.1. The number of halogens is 1. The van der Waals surface area contributed by atoms with E-state index >= 15 is 0 Å². The van der Waals surface area contributed by atoms with Crippen LogP contribution in [-0.4, -0.2) is 55.6 Å². The zero-order chi connectivity index (χ0) is 20.1. The number of methoxy groups -OCH3 is 1. The SMILES string of the molecule is COc1cc(N2CCN(CC(=O)Nc3ccc(F)cc3)CC2)ccc1[N+](=O)[O-]. The number of nitrogens with zero attached hydrogens (tertiary/aromatic N) is 3. The molecule has 148 valence electrons. The second kappa shape index (κ2) is 8.66. The third-order valence-corrected chi connectivity index (χ3v) is 4.59. The number of anilines is 2. The molecule has 1 amide bonds. The van der Waals surface area contributed by atoms with Crippen molar-refractivity contribution in [1.82, 2.24) is 4.90 Å². The lowest BCUT2D eigenvalue weighted by molar-refractivity contribution is -0.385. The quantitative estimate of drug-likeness (QED) is 0.604. The number of piperazine rings is 1. The molecule has 1 fully saturated rings. The smallest absolute Gasteiger partial charge is 0.311 e. The number of carbonyl (C=O) groups excluding carboxylic acids is 1. The van der Waals surface area contributed by atoms with E-state index in [0.717, 1.165) is 5.69 Å². The molecule has 0 unspecified atom stereocenters. The molecule has 1 aliphatic rings. The second-order valence-electron chi connectivity index (χ2n) is 6.43. The Hall–Kier alpha value is -3.20. The van der Waals surface area contributed by atoms with E-state index < -0.39 is 4.92 Å². The van der Waals surface area contributed by atoms with Gasteiger partial charge in [0.2, 0.25) is 5.91 Å². The number of nitro groups is 1. The van der Waals surface area contributed by atoms with Gasteiger partial charge in [0, 0.05) is 49.7 Å². The molecule has 3 rings (SSSR count). The monoisotopic (exact) mass is 388 g/mol. The number of benzene rings is 2. The Labute approximate surface area is 161 Å². The Morgan fingerprint density at radius 1 is 1.18 bits per heavy atom. The summed E-state index contributed by atoms with van der Waals surface area (Å²) in [6.45, 7) is 2.97. The largest absolute Gasteiger partial charge is 0.490 e. The van der Waals surface area contributed by atoms with Crippen molar-refractivity contribution < 1.29 is 18.8 Å². The first-order valence-electron chi connectivity index (χ1n) is 8.81. The summed E-state index contributed by atoms with van der Waals surface area (Å²) in [5.41, 5.74) is 1.34. The Kier molecular flexibility index (Phi) is 6.05. The van der Waals surface area contributed by atoms with Crippen molar-refractivity contribution in [3.63, 3.8) is 0 Å². The van der Waals surface area contributed by atoms with Crippen LogP contribution in [0.3, 0.4) is 0 Å². The molecule has 8 nitrogen and oxygen atoms in total. The summed E-state index contributed by atoms with van der Waals surface area (Å²) in [6.07, 6.45) is 0. The fourth-order valence-corrected chi connectivity index (χ4v) is 3.11. The molecule has 2 aromatic carbocycles. The maximum Gasteiger partial charge on any atom is 0.311 e. The van der Waals surface area contributed by atoms with Crippen LogP contribution in [0, 0.1) is 15.9 Å². The molecule has 0 radical (unpaired) electrons. The van der Waals surface area contributed by atoms with Crippen LogP contribution >= 0.6 is 0 Å². The highest BCUT2D eigenvalue weighted by Gasteiger charge is 2.22.